The number of rotatable bonds is 0. The second-order valence-electron chi connectivity index (χ2n) is 6.65. The van der Waals surface area contributed by atoms with Gasteiger partial charge in [0.15, 0.2) is 0 Å². The van der Waals surface area contributed by atoms with Crippen molar-refractivity contribution in [2.75, 3.05) is 0 Å². The first-order valence-electron chi connectivity index (χ1n) is 6.39. The lowest BCUT2D eigenvalue weighted by Gasteiger charge is -2.41. The van der Waals surface area contributed by atoms with Crippen LogP contribution in [0.1, 0.15) is 39.0 Å². The Morgan fingerprint density at radius 3 is 2.50 bits per heavy atom. The quantitative estimate of drug-likeness (QED) is 0.584. The first-order valence-corrected chi connectivity index (χ1v) is 6.39. The fraction of sp³-hybridized carbons (Fsp3) is 1.00. The van der Waals surface area contributed by atoms with E-state index in [4.69, 9.17) is 0 Å². The van der Waals surface area contributed by atoms with Gasteiger partial charge < -0.3 is 5.11 Å². The Labute approximate surface area is 85.9 Å². The van der Waals surface area contributed by atoms with Crippen LogP contribution in [0.3, 0.4) is 0 Å². The molecule has 14 heavy (non-hydrogen) atoms. The number of aliphatic hydroxyl groups is 1. The van der Waals surface area contributed by atoms with E-state index in [2.05, 4.69) is 6.92 Å². The molecular weight excluding hydrogens is 172 g/mol. The molecule has 0 amide bonds. The smallest absolute Gasteiger partial charge is 0.0653 e. The Hall–Kier alpha value is -0.0400. The Morgan fingerprint density at radius 1 is 1.00 bits per heavy atom. The second-order valence-corrected chi connectivity index (χ2v) is 6.65. The van der Waals surface area contributed by atoms with Crippen LogP contribution in [-0.2, 0) is 0 Å². The molecule has 4 aliphatic rings. The van der Waals surface area contributed by atoms with E-state index in [1.807, 2.05) is 0 Å². The molecule has 4 fully saturated rings. The third kappa shape index (κ3) is 0.743. The molecule has 4 bridgehead atoms. The normalized spacial score (nSPS) is 69.0. The summed E-state index contributed by atoms with van der Waals surface area (Å²) in [4.78, 5) is 0. The minimum Gasteiger partial charge on any atom is -0.390 e. The van der Waals surface area contributed by atoms with Gasteiger partial charge in [0.2, 0.25) is 0 Å². The summed E-state index contributed by atoms with van der Waals surface area (Å²) in [5, 5.41) is 10.4. The molecule has 4 saturated carbocycles. The summed E-state index contributed by atoms with van der Waals surface area (Å²) in [7, 11) is 0. The Balaban J connectivity index is 1.75. The van der Waals surface area contributed by atoms with Crippen LogP contribution in [0.4, 0.5) is 0 Å². The van der Waals surface area contributed by atoms with Gasteiger partial charge in [-0.05, 0) is 74.5 Å². The Kier molecular flexibility index (Phi) is 1.29. The van der Waals surface area contributed by atoms with Gasteiger partial charge in [-0.25, -0.2) is 0 Å². The molecule has 0 spiro atoms. The van der Waals surface area contributed by atoms with Crippen LogP contribution in [0.25, 0.3) is 0 Å². The van der Waals surface area contributed by atoms with Gasteiger partial charge in [0.05, 0.1) is 5.60 Å². The highest BCUT2D eigenvalue weighted by Gasteiger charge is 2.65. The SMILES string of the molecule is CC1(O)CC2CC1C1C3CCC(C3)C21. The monoisotopic (exact) mass is 192 g/mol. The topological polar surface area (TPSA) is 20.2 Å². The minimum atomic E-state index is -0.295. The summed E-state index contributed by atoms with van der Waals surface area (Å²) in [6, 6.07) is 0. The molecule has 0 aliphatic heterocycles. The van der Waals surface area contributed by atoms with E-state index in [1.165, 1.54) is 25.7 Å². The molecule has 7 atom stereocenters. The van der Waals surface area contributed by atoms with E-state index in [-0.39, 0.29) is 5.60 Å². The average molecular weight is 192 g/mol. The van der Waals surface area contributed by atoms with Crippen molar-refractivity contribution >= 4 is 0 Å². The molecule has 78 valence electrons. The molecule has 0 aromatic carbocycles. The zero-order valence-electron chi connectivity index (χ0n) is 8.95. The average Bonchev–Trinajstić information content (AvgIpc) is 2.73. The van der Waals surface area contributed by atoms with Crippen LogP contribution in [0.5, 0.6) is 0 Å². The standard InChI is InChI=1S/C13H20O/c1-13(14)6-9-5-10(13)12-8-3-2-7(4-8)11(9)12/h7-12,14H,2-6H2,1H3. The van der Waals surface area contributed by atoms with Crippen molar-refractivity contribution in [2.45, 2.75) is 44.6 Å². The predicted molar refractivity (Wildman–Crippen MR) is 54.6 cm³/mol. The van der Waals surface area contributed by atoms with Crippen LogP contribution in [0, 0.1) is 35.5 Å². The molecule has 1 nitrogen and oxygen atoms in total. The molecule has 0 heterocycles. The number of fused-ring (bicyclic) bond motifs is 9. The fourth-order valence-electron chi connectivity index (χ4n) is 5.89. The largest absolute Gasteiger partial charge is 0.390 e. The van der Waals surface area contributed by atoms with Crippen LogP contribution in [0.2, 0.25) is 0 Å². The van der Waals surface area contributed by atoms with Gasteiger partial charge in [0, 0.05) is 0 Å². The number of hydrogen-bond acceptors (Lipinski definition) is 1. The minimum absolute atomic E-state index is 0.295. The lowest BCUT2D eigenvalue weighted by atomic mass is 9.66. The van der Waals surface area contributed by atoms with Gasteiger partial charge in [-0.15, -0.1) is 0 Å². The van der Waals surface area contributed by atoms with Crippen molar-refractivity contribution in [2.24, 2.45) is 35.5 Å². The van der Waals surface area contributed by atoms with Crippen LogP contribution >= 0.6 is 0 Å². The number of hydrogen-bond donors (Lipinski definition) is 1. The maximum atomic E-state index is 10.4. The van der Waals surface area contributed by atoms with E-state index in [0.29, 0.717) is 5.92 Å². The van der Waals surface area contributed by atoms with Gasteiger partial charge in [0.1, 0.15) is 0 Å². The second kappa shape index (κ2) is 2.21. The summed E-state index contributed by atoms with van der Waals surface area (Å²) in [6.45, 7) is 2.10. The first kappa shape index (κ1) is 8.15. The van der Waals surface area contributed by atoms with E-state index in [0.717, 1.165) is 36.0 Å². The zero-order chi connectivity index (χ0) is 9.50. The molecule has 1 N–H and O–H groups in total. The molecule has 0 aromatic rings. The van der Waals surface area contributed by atoms with Gasteiger partial charge in [-0.3, -0.25) is 0 Å². The maximum absolute atomic E-state index is 10.4. The van der Waals surface area contributed by atoms with Crippen molar-refractivity contribution < 1.29 is 5.11 Å². The molecular formula is C13H20O. The lowest BCUT2D eigenvalue weighted by Crippen LogP contribution is -2.42. The summed E-state index contributed by atoms with van der Waals surface area (Å²) < 4.78 is 0. The van der Waals surface area contributed by atoms with Gasteiger partial charge >= 0.3 is 0 Å². The van der Waals surface area contributed by atoms with Crippen molar-refractivity contribution in [3.8, 4) is 0 Å². The Morgan fingerprint density at radius 2 is 1.71 bits per heavy atom. The molecule has 7 unspecified atom stereocenters. The third-order valence-corrected chi connectivity index (χ3v) is 6.09. The highest BCUT2D eigenvalue weighted by molar-refractivity contribution is 5.14. The first-order chi connectivity index (χ1) is 6.67. The molecule has 4 aliphatic carbocycles. The molecule has 0 aromatic heterocycles. The summed E-state index contributed by atoms with van der Waals surface area (Å²) >= 11 is 0. The molecule has 0 radical (unpaired) electrons. The van der Waals surface area contributed by atoms with E-state index >= 15 is 0 Å². The van der Waals surface area contributed by atoms with Crippen LogP contribution in [-0.4, -0.2) is 10.7 Å². The van der Waals surface area contributed by atoms with Crippen molar-refractivity contribution in [1.29, 1.82) is 0 Å². The highest BCUT2D eigenvalue weighted by Crippen LogP contribution is 2.69. The summed E-state index contributed by atoms with van der Waals surface area (Å²) in [6.07, 6.45) is 6.97. The van der Waals surface area contributed by atoms with E-state index in [9.17, 15) is 5.11 Å². The highest BCUT2D eigenvalue weighted by atomic mass is 16.3. The summed E-state index contributed by atoms with van der Waals surface area (Å²) in [5.74, 6) is 5.62. The van der Waals surface area contributed by atoms with E-state index < -0.39 is 0 Å². The maximum Gasteiger partial charge on any atom is 0.0653 e. The van der Waals surface area contributed by atoms with Crippen molar-refractivity contribution in [3.63, 3.8) is 0 Å². The Bertz CT molecular complexity index is 283. The third-order valence-electron chi connectivity index (χ3n) is 6.09. The van der Waals surface area contributed by atoms with E-state index in [1.54, 1.807) is 0 Å². The summed E-state index contributed by atoms with van der Waals surface area (Å²) in [5.41, 5.74) is -0.295. The van der Waals surface area contributed by atoms with Crippen LogP contribution < -0.4 is 0 Å². The van der Waals surface area contributed by atoms with Crippen molar-refractivity contribution in [1.82, 2.24) is 0 Å². The van der Waals surface area contributed by atoms with Gasteiger partial charge in [0.25, 0.3) is 0 Å². The fourth-order valence-corrected chi connectivity index (χ4v) is 5.89. The zero-order valence-corrected chi connectivity index (χ0v) is 8.95. The predicted octanol–water partition coefficient (Wildman–Crippen LogP) is 2.44. The lowest BCUT2D eigenvalue weighted by molar-refractivity contribution is -0.0499. The van der Waals surface area contributed by atoms with Crippen LogP contribution in [0.15, 0.2) is 0 Å². The van der Waals surface area contributed by atoms with Gasteiger partial charge in [-0.2, -0.15) is 0 Å². The molecule has 0 saturated heterocycles. The molecule has 1 heteroatoms. The van der Waals surface area contributed by atoms with Gasteiger partial charge in [-0.1, -0.05) is 0 Å². The molecule has 4 rings (SSSR count). The van der Waals surface area contributed by atoms with Crippen molar-refractivity contribution in [3.05, 3.63) is 0 Å².